The Morgan fingerprint density at radius 2 is 1.15 bits per heavy atom. The normalized spacial score (nSPS) is 11.2. The minimum atomic E-state index is 0.489. The molecule has 1 rings (SSSR count). The first-order valence-corrected chi connectivity index (χ1v) is 13.1. The summed E-state index contributed by atoms with van der Waals surface area (Å²) in [5, 5.41) is 0. The first-order valence-electron chi connectivity index (χ1n) is 11.0. The number of hydrogen-bond acceptors (Lipinski definition) is 1. The number of benzene rings is 1. The van der Waals surface area contributed by atoms with Crippen LogP contribution in [0.25, 0.3) is 0 Å². The maximum atomic E-state index is 5.78. The smallest absolute Gasteiger partial charge is 0.0791 e. The van der Waals surface area contributed by atoms with Crippen molar-refractivity contribution in [3.05, 3.63) is 35.9 Å². The zero-order chi connectivity index (χ0) is 18.9. The van der Waals surface area contributed by atoms with Gasteiger partial charge in [-0.2, -0.15) is 0 Å². The van der Waals surface area contributed by atoms with Gasteiger partial charge < -0.3 is 0 Å². The van der Waals surface area contributed by atoms with Crippen molar-refractivity contribution in [2.24, 2.45) is 0 Å². The average molecular weight is 394 g/mol. The van der Waals surface area contributed by atoms with Crippen LogP contribution in [0.15, 0.2) is 30.3 Å². The second kappa shape index (κ2) is 16.8. The molecule has 0 heterocycles. The highest BCUT2D eigenvalue weighted by atomic mass is 32.2. The molecule has 1 aromatic carbocycles. The molecular weight excluding hydrogens is 352 g/mol. The van der Waals surface area contributed by atoms with Crippen LogP contribution in [0, 0.1) is 0 Å². The first-order chi connectivity index (χ1) is 12.8. The summed E-state index contributed by atoms with van der Waals surface area (Å²) < 4.78 is 0. The van der Waals surface area contributed by atoms with Gasteiger partial charge in [-0.3, -0.25) is 0 Å². The summed E-state index contributed by atoms with van der Waals surface area (Å²) in [6.07, 6.45) is 16.8. The standard InChI is InChI=1S/C24H41S2/c1-3-5-7-9-11-16-20-26(21-17-12-10-8-6-4-2)22-24(25)23-18-14-13-15-19-23/h13-15,18-19H,3-12,16-17,20-22H2,1-2H3/q+1. The van der Waals surface area contributed by atoms with Gasteiger partial charge in [0.2, 0.25) is 0 Å². The van der Waals surface area contributed by atoms with Crippen LogP contribution in [0.4, 0.5) is 0 Å². The van der Waals surface area contributed by atoms with Crippen LogP contribution in [-0.2, 0) is 10.9 Å². The van der Waals surface area contributed by atoms with E-state index in [0.29, 0.717) is 10.9 Å². The lowest BCUT2D eigenvalue weighted by Gasteiger charge is -2.11. The minimum Gasteiger partial charge on any atom is -0.0791 e. The molecular formula is C24H41S2+. The largest absolute Gasteiger partial charge is 0.143 e. The highest BCUT2D eigenvalue weighted by Gasteiger charge is 2.20. The molecule has 0 atom stereocenters. The van der Waals surface area contributed by atoms with Gasteiger partial charge in [0, 0.05) is 0 Å². The van der Waals surface area contributed by atoms with Gasteiger partial charge >= 0.3 is 0 Å². The zero-order valence-electron chi connectivity index (χ0n) is 17.3. The van der Waals surface area contributed by atoms with Crippen molar-refractivity contribution in [2.75, 3.05) is 17.3 Å². The van der Waals surface area contributed by atoms with E-state index in [1.165, 1.54) is 99.0 Å². The molecule has 0 aliphatic rings. The Morgan fingerprint density at radius 3 is 1.65 bits per heavy atom. The van der Waals surface area contributed by atoms with E-state index in [1.54, 1.807) is 0 Å². The SMILES string of the molecule is CCCCCCCC[S+](CCCCCCCC)CC(=S)c1ccccc1. The van der Waals surface area contributed by atoms with Crippen LogP contribution in [0.2, 0.25) is 0 Å². The maximum absolute atomic E-state index is 5.78. The molecule has 0 radical (unpaired) electrons. The molecule has 1 aromatic rings. The van der Waals surface area contributed by atoms with Crippen molar-refractivity contribution in [1.82, 2.24) is 0 Å². The second-order valence-electron chi connectivity index (χ2n) is 7.49. The van der Waals surface area contributed by atoms with E-state index in [-0.39, 0.29) is 0 Å². The summed E-state index contributed by atoms with van der Waals surface area (Å²) in [6.45, 7) is 4.59. The minimum absolute atomic E-state index is 0.489. The van der Waals surface area contributed by atoms with Crippen molar-refractivity contribution in [2.45, 2.75) is 90.9 Å². The second-order valence-corrected chi connectivity index (χ2v) is 10.3. The number of rotatable bonds is 17. The lowest BCUT2D eigenvalue weighted by Crippen LogP contribution is -2.22. The Morgan fingerprint density at radius 1 is 0.692 bits per heavy atom. The summed E-state index contributed by atoms with van der Waals surface area (Å²) >= 11 is 5.78. The molecule has 0 saturated heterocycles. The van der Waals surface area contributed by atoms with Gasteiger partial charge in [-0.1, -0.05) is 108 Å². The Bertz CT molecular complexity index is 425. The van der Waals surface area contributed by atoms with E-state index in [9.17, 15) is 0 Å². The van der Waals surface area contributed by atoms with E-state index < -0.39 is 0 Å². The summed E-state index contributed by atoms with van der Waals surface area (Å²) in [7, 11) is 0.489. The highest BCUT2D eigenvalue weighted by Crippen LogP contribution is 2.14. The van der Waals surface area contributed by atoms with Crippen LogP contribution in [0.3, 0.4) is 0 Å². The summed E-state index contributed by atoms with van der Waals surface area (Å²) in [4.78, 5) is 1.19. The molecule has 0 aliphatic heterocycles. The Labute approximate surface area is 171 Å². The van der Waals surface area contributed by atoms with Gasteiger partial charge in [0.1, 0.15) is 17.3 Å². The molecule has 0 saturated carbocycles. The van der Waals surface area contributed by atoms with Crippen LogP contribution >= 0.6 is 12.2 Å². The average Bonchev–Trinajstić information content (AvgIpc) is 2.67. The number of thiocarbonyl (C=S) groups is 1. The predicted octanol–water partition coefficient (Wildman–Crippen LogP) is 7.74. The highest BCUT2D eigenvalue weighted by molar-refractivity contribution is 7.98. The predicted molar refractivity (Wildman–Crippen MR) is 127 cm³/mol. The lowest BCUT2D eigenvalue weighted by molar-refractivity contribution is 0.623. The molecule has 0 unspecified atom stereocenters. The number of unbranched alkanes of at least 4 members (excludes halogenated alkanes) is 10. The van der Waals surface area contributed by atoms with Gasteiger partial charge in [0.05, 0.1) is 4.86 Å². The molecule has 0 bridgehead atoms. The molecule has 0 aromatic heterocycles. The van der Waals surface area contributed by atoms with E-state index in [0.717, 1.165) is 5.75 Å². The van der Waals surface area contributed by atoms with E-state index in [2.05, 4.69) is 44.2 Å². The molecule has 0 nitrogen and oxygen atoms in total. The topological polar surface area (TPSA) is 0 Å². The van der Waals surface area contributed by atoms with Crippen LogP contribution < -0.4 is 0 Å². The third kappa shape index (κ3) is 12.1. The molecule has 0 aliphatic carbocycles. The van der Waals surface area contributed by atoms with Gasteiger partial charge in [0.25, 0.3) is 0 Å². The van der Waals surface area contributed by atoms with Crippen molar-refractivity contribution < 1.29 is 0 Å². The molecule has 0 N–H and O–H groups in total. The Hall–Kier alpha value is -0.340. The lowest BCUT2D eigenvalue weighted by atomic mass is 10.1. The maximum Gasteiger partial charge on any atom is 0.143 e. The van der Waals surface area contributed by atoms with Crippen LogP contribution in [-0.4, -0.2) is 22.1 Å². The van der Waals surface area contributed by atoms with E-state index in [1.807, 2.05) is 0 Å². The molecule has 26 heavy (non-hydrogen) atoms. The third-order valence-electron chi connectivity index (χ3n) is 5.00. The quantitative estimate of drug-likeness (QED) is 0.113. The first kappa shape index (κ1) is 23.7. The monoisotopic (exact) mass is 393 g/mol. The Kier molecular flexibility index (Phi) is 15.3. The van der Waals surface area contributed by atoms with Gasteiger partial charge in [0.15, 0.2) is 0 Å². The van der Waals surface area contributed by atoms with Crippen molar-refractivity contribution in [3.63, 3.8) is 0 Å². The van der Waals surface area contributed by atoms with Crippen molar-refractivity contribution in [3.8, 4) is 0 Å². The van der Waals surface area contributed by atoms with E-state index >= 15 is 0 Å². The van der Waals surface area contributed by atoms with Crippen molar-refractivity contribution in [1.29, 1.82) is 0 Å². The summed E-state index contributed by atoms with van der Waals surface area (Å²) in [5.74, 6) is 3.94. The molecule has 2 heteroatoms. The van der Waals surface area contributed by atoms with Gasteiger partial charge in [-0.25, -0.2) is 0 Å². The zero-order valence-corrected chi connectivity index (χ0v) is 18.9. The molecule has 0 fully saturated rings. The van der Waals surface area contributed by atoms with E-state index in [4.69, 9.17) is 12.2 Å². The fraction of sp³-hybridized carbons (Fsp3) is 0.708. The Balaban J connectivity index is 2.35. The van der Waals surface area contributed by atoms with Gasteiger partial charge in [-0.05, 0) is 42.1 Å². The number of hydrogen-bond donors (Lipinski definition) is 0. The molecule has 0 amide bonds. The fourth-order valence-electron chi connectivity index (χ4n) is 3.31. The van der Waals surface area contributed by atoms with Crippen molar-refractivity contribution >= 4 is 28.0 Å². The summed E-state index contributed by atoms with van der Waals surface area (Å²) in [6, 6.07) is 10.7. The third-order valence-corrected chi connectivity index (χ3v) is 8.00. The van der Waals surface area contributed by atoms with Crippen LogP contribution in [0.1, 0.15) is 96.5 Å². The molecule has 0 spiro atoms. The summed E-state index contributed by atoms with van der Waals surface area (Å²) in [5.41, 5.74) is 1.27. The van der Waals surface area contributed by atoms with Crippen LogP contribution in [0.5, 0.6) is 0 Å². The van der Waals surface area contributed by atoms with Gasteiger partial charge in [-0.15, -0.1) is 0 Å². The fourth-order valence-corrected chi connectivity index (χ4v) is 6.20. The molecule has 148 valence electrons.